The van der Waals surface area contributed by atoms with E-state index in [-0.39, 0.29) is 24.2 Å². The maximum absolute atomic E-state index is 13.1. The van der Waals surface area contributed by atoms with Crippen LogP contribution in [0, 0.1) is 5.82 Å². The molecular weight excluding hydrogens is 333 g/mol. The average Bonchev–Trinajstić information content (AvgIpc) is 2.41. The normalized spacial score (nSPS) is 12.0. The molecule has 1 N–H and O–H groups in total. The minimum atomic E-state index is -0.316. The van der Waals surface area contributed by atoms with Gasteiger partial charge in [-0.3, -0.25) is 4.79 Å². The molecule has 0 aromatic heterocycles. The lowest BCUT2D eigenvalue weighted by Gasteiger charge is -2.14. The number of hydrogen-bond donors (Lipinski definition) is 1. The third-order valence-corrected chi connectivity index (χ3v) is 3.64. The molecule has 0 spiro atoms. The van der Waals surface area contributed by atoms with Gasteiger partial charge in [0.1, 0.15) is 5.82 Å². The van der Waals surface area contributed by atoms with Crippen molar-refractivity contribution in [2.75, 3.05) is 0 Å². The van der Waals surface area contributed by atoms with E-state index in [0.29, 0.717) is 5.56 Å². The number of nitrogens with one attached hydrogen (secondary N) is 1. The fourth-order valence-corrected chi connectivity index (χ4v) is 2.45. The van der Waals surface area contributed by atoms with Gasteiger partial charge < -0.3 is 5.32 Å². The number of rotatable bonds is 5. The Labute approximate surface area is 132 Å². The van der Waals surface area contributed by atoms with Gasteiger partial charge >= 0.3 is 0 Å². The molecule has 2 rings (SSSR count). The number of carbonyl (C=O) groups excluding carboxylic acids is 1. The number of halogens is 2. The van der Waals surface area contributed by atoms with Crippen LogP contribution in [0.2, 0.25) is 0 Å². The molecule has 0 aliphatic carbocycles. The van der Waals surface area contributed by atoms with E-state index in [2.05, 4.69) is 21.2 Å². The lowest BCUT2D eigenvalue weighted by Crippen LogP contribution is -2.35. The number of hydrogen-bond acceptors (Lipinski definition) is 1. The second kappa shape index (κ2) is 7.36. The van der Waals surface area contributed by atoms with Crippen LogP contribution in [-0.4, -0.2) is 11.9 Å². The SMILES string of the molecule is C[C@@H](Cc1ccc(Br)cc1)NC(=O)Cc1cccc(F)c1. The van der Waals surface area contributed by atoms with Crippen LogP contribution in [0.4, 0.5) is 4.39 Å². The van der Waals surface area contributed by atoms with Crippen molar-refractivity contribution in [2.45, 2.75) is 25.8 Å². The van der Waals surface area contributed by atoms with Crippen LogP contribution in [0.5, 0.6) is 0 Å². The van der Waals surface area contributed by atoms with Crippen molar-refractivity contribution >= 4 is 21.8 Å². The number of benzene rings is 2. The highest BCUT2D eigenvalue weighted by Crippen LogP contribution is 2.12. The van der Waals surface area contributed by atoms with Crippen LogP contribution >= 0.6 is 15.9 Å². The van der Waals surface area contributed by atoms with E-state index in [9.17, 15) is 9.18 Å². The molecule has 0 fully saturated rings. The Morgan fingerprint density at radius 3 is 2.57 bits per heavy atom. The highest BCUT2D eigenvalue weighted by atomic mass is 79.9. The highest BCUT2D eigenvalue weighted by Gasteiger charge is 2.09. The Morgan fingerprint density at radius 2 is 1.90 bits per heavy atom. The first kappa shape index (κ1) is 15.7. The predicted molar refractivity (Wildman–Crippen MR) is 85.6 cm³/mol. The van der Waals surface area contributed by atoms with Crippen LogP contribution in [0.3, 0.4) is 0 Å². The molecule has 0 saturated carbocycles. The minimum absolute atomic E-state index is 0.0345. The minimum Gasteiger partial charge on any atom is -0.353 e. The van der Waals surface area contributed by atoms with Gasteiger partial charge in [-0.2, -0.15) is 0 Å². The van der Waals surface area contributed by atoms with Crippen molar-refractivity contribution in [1.29, 1.82) is 0 Å². The molecule has 0 bridgehead atoms. The molecule has 0 heterocycles. The van der Waals surface area contributed by atoms with E-state index >= 15 is 0 Å². The van der Waals surface area contributed by atoms with Crippen molar-refractivity contribution < 1.29 is 9.18 Å². The summed E-state index contributed by atoms with van der Waals surface area (Å²) in [5.74, 6) is -0.409. The van der Waals surface area contributed by atoms with Gasteiger partial charge in [-0.25, -0.2) is 4.39 Å². The zero-order valence-electron chi connectivity index (χ0n) is 11.8. The zero-order valence-corrected chi connectivity index (χ0v) is 13.4. The van der Waals surface area contributed by atoms with E-state index in [1.165, 1.54) is 12.1 Å². The Kier molecular flexibility index (Phi) is 5.51. The van der Waals surface area contributed by atoms with Gasteiger partial charge in [-0.1, -0.05) is 40.2 Å². The molecule has 2 aromatic carbocycles. The summed E-state index contributed by atoms with van der Waals surface area (Å²) in [6, 6.07) is 14.2. The molecule has 2 nitrogen and oxygen atoms in total. The summed E-state index contributed by atoms with van der Waals surface area (Å²) in [6.07, 6.45) is 0.963. The zero-order chi connectivity index (χ0) is 15.2. The lowest BCUT2D eigenvalue weighted by molar-refractivity contribution is -0.121. The quantitative estimate of drug-likeness (QED) is 0.871. The molecule has 1 atom stereocenters. The Balaban J connectivity index is 1.86. The van der Waals surface area contributed by atoms with Crippen LogP contribution in [-0.2, 0) is 17.6 Å². The van der Waals surface area contributed by atoms with E-state index < -0.39 is 0 Å². The standard InChI is InChI=1S/C17H17BrFNO/c1-12(9-13-5-7-15(18)8-6-13)20-17(21)11-14-3-2-4-16(19)10-14/h2-8,10,12H,9,11H2,1H3,(H,20,21)/t12-/m0/s1. The summed E-state index contributed by atoms with van der Waals surface area (Å²) in [5, 5.41) is 2.94. The third-order valence-electron chi connectivity index (χ3n) is 3.12. The average molecular weight is 350 g/mol. The molecule has 0 saturated heterocycles. The first-order valence-corrected chi connectivity index (χ1v) is 7.60. The summed E-state index contributed by atoms with van der Waals surface area (Å²) in [5.41, 5.74) is 1.85. The summed E-state index contributed by atoms with van der Waals surface area (Å²) >= 11 is 3.39. The van der Waals surface area contributed by atoms with Crippen LogP contribution in [0.1, 0.15) is 18.1 Å². The monoisotopic (exact) mass is 349 g/mol. The molecule has 110 valence electrons. The molecule has 4 heteroatoms. The Hall–Kier alpha value is -1.68. The van der Waals surface area contributed by atoms with Gasteiger partial charge in [0.05, 0.1) is 6.42 Å². The van der Waals surface area contributed by atoms with E-state index in [0.717, 1.165) is 16.5 Å². The topological polar surface area (TPSA) is 29.1 Å². The lowest BCUT2D eigenvalue weighted by atomic mass is 10.1. The number of amides is 1. The highest BCUT2D eigenvalue weighted by molar-refractivity contribution is 9.10. The van der Waals surface area contributed by atoms with Crippen molar-refractivity contribution in [1.82, 2.24) is 5.32 Å². The fourth-order valence-electron chi connectivity index (χ4n) is 2.18. The van der Waals surface area contributed by atoms with Crippen molar-refractivity contribution in [2.24, 2.45) is 0 Å². The summed E-state index contributed by atoms with van der Waals surface area (Å²) in [7, 11) is 0. The predicted octanol–water partition coefficient (Wildman–Crippen LogP) is 3.88. The van der Waals surface area contributed by atoms with Crippen LogP contribution in [0.25, 0.3) is 0 Å². The maximum Gasteiger partial charge on any atom is 0.224 e. The van der Waals surface area contributed by atoms with Gasteiger partial charge in [0, 0.05) is 10.5 Å². The van der Waals surface area contributed by atoms with Gasteiger partial charge in [-0.15, -0.1) is 0 Å². The molecule has 0 aliphatic rings. The smallest absolute Gasteiger partial charge is 0.224 e. The molecule has 0 aliphatic heterocycles. The Bertz CT molecular complexity index is 612. The Morgan fingerprint density at radius 1 is 1.19 bits per heavy atom. The van der Waals surface area contributed by atoms with Gasteiger partial charge in [-0.05, 0) is 48.7 Å². The van der Waals surface area contributed by atoms with Crippen LogP contribution < -0.4 is 5.32 Å². The van der Waals surface area contributed by atoms with Gasteiger partial charge in [0.2, 0.25) is 5.91 Å². The van der Waals surface area contributed by atoms with Gasteiger partial charge in [0.15, 0.2) is 0 Å². The van der Waals surface area contributed by atoms with Gasteiger partial charge in [0.25, 0.3) is 0 Å². The summed E-state index contributed by atoms with van der Waals surface area (Å²) in [4.78, 5) is 11.9. The maximum atomic E-state index is 13.1. The first-order valence-electron chi connectivity index (χ1n) is 6.81. The van der Waals surface area contributed by atoms with Crippen molar-refractivity contribution in [3.8, 4) is 0 Å². The van der Waals surface area contributed by atoms with Crippen molar-refractivity contribution in [3.05, 3.63) is 69.9 Å². The van der Waals surface area contributed by atoms with E-state index in [1.807, 2.05) is 31.2 Å². The summed E-state index contributed by atoms with van der Waals surface area (Å²) in [6.45, 7) is 1.96. The molecule has 2 aromatic rings. The van der Waals surface area contributed by atoms with E-state index in [1.54, 1.807) is 12.1 Å². The first-order chi connectivity index (χ1) is 10.0. The largest absolute Gasteiger partial charge is 0.353 e. The second-order valence-corrected chi connectivity index (χ2v) is 6.02. The number of carbonyl (C=O) groups is 1. The van der Waals surface area contributed by atoms with Crippen molar-refractivity contribution in [3.63, 3.8) is 0 Å². The molecule has 21 heavy (non-hydrogen) atoms. The fraction of sp³-hybridized carbons (Fsp3) is 0.235. The third kappa shape index (κ3) is 5.31. The second-order valence-electron chi connectivity index (χ2n) is 5.11. The molecule has 1 amide bonds. The molecule has 0 unspecified atom stereocenters. The molecule has 0 radical (unpaired) electrons. The van der Waals surface area contributed by atoms with Crippen LogP contribution in [0.15, 0.2) is 53.0 Å². The molecular formula is C17H17BrFNO. The van der Waals surface area contributed by atoms with E-state index in [4.69, 9.17) is 0 Å². The summed E-state index contributed by atoms with van der Waals surface area (Å²) < 4.78 is 14.1.